The Morgan fingerprint density at radius 1 is 1.27 bits per heavy atom. The number of rotatable bonds is 5. The van der Waals surface area contributed by atoms with Crippen LogP contribution in [0.15, 0.2) is 22.8 Å². The summed E-state index contributed by atoms with van der Waals surface area (Å²) in [6.07, 6.45) is 4.67. The van der Waals surface area contributed by atoms with Crippen LogP contribution in [0, 0.1) is 0 Å². The molecular weight excluding hydrogens is 332 g/mol. The van der Waals surface area contributed by atoms with Crippen molar-refractivity contribution in [2.24, 2.45) is 0 Å². The second-order valence-corrected chi connectivity index (χ2v) is 8.16. The first-order valence-corrected chi connectivity index (χ1v) is 9.49. The predicted octanol–water partition coefficient (Wildman–Crippen LogP) is 4.20. The Labute approximate surface area is 156 Å². The van der Waals surface area contributed by atoms with E-state index in [0.29, 0.717) is 18.8 Å². The first-order valence-electron chi connectivity index (χ1n) is 9.49. The van der Waals surface area contributed by atoms with Crippen molar-refractivity contribution in [1.29, 1.82) is 0 Å². The molecule has 0 bridgehead atoms. The van der Waals surface area contributed by atoms with Crippen LogP contribution in [0.1, 0.15) is 66.1 Å². The maximum atomic E-state index is 12.8. The van der Waals surface area contributed by atoms with E-state index in [1.165, 1.54) is 0 Å². The molecule has 6 nitrogen and oxygen atoms in total. The number of ether oxygens (including phenoxy) is 1. The minimum absolute atomic E-state index is 0.0951. The SMILES string of the molecule is CC1CCCC(C)N1C(=O)CCN(Cc1ccco1)C(=O)OC(C)(C)C. The molecule has 1 fully saturated rings. The molecule has 1 aromatic rings. The molecule has 1 aromatic heterocycles. The molecule has 2 unspecified atom stereocenters. The van der Waals surface area contributed by atoms with Crippen molar-refractivity contribution >= 4 is 12.0 Å². The standard InChI is InChI=1S/C20H32N2O4/c1-15-8-6-9-16(2)22(15)18(23)11-12-21(14-17-10-7-13-25-17)19(24)26-20(3,4)5/h7,10,13,15-16H,6,8-9,11-12,14H2,1-5H3. The Morgan fingerprint density at radius 2 is 1.92 bits per heavy atom. The molecule has 2 rings (SSSR count). The van der Waals surface area contributed by atoms with Gasteiger partial charge < -0.3 is 19.0 Å². The lowest BCUT2D eigenvalue weighted by molar-refractivity contribution is -0.137. The Balaban J connectivity index is 2.01. The normalized spacial score (nSPS) is 20.7. The molecular formula is C20H32N2O4. The topological polar surface area (TPSA) is 63.0 Å². The van der Waals surface area contributed by atoms with Gasteiger partial charge in [-0.05, 0) is 66.0 Å². The fourth-order valence-electron chi connectivity index (χ4n) is 3.42. The van der Waals surface area contributed by atoms with E-state index in [1.807, 2.05) is 31.7 Å². The molecule has 1 aliphatic rings. The molecule has 2 atom stereocenters. The Morgan fingerprint density at radius 3 is 2.46 bits per heavy atom. The summed E-state index contributed by atoms with van der Waals surface area (Å²) in [7, 11) is 0. The van der Waals surface area contributed by atoms with Crippen LogP contribution in [0.3, 0.4) is 0 Å². The number of piperidine rings is 1. The molecule has 1 aliphatic heterocycles. The monoisotopic (exact) mass is 364 g/mol. The quantitative estimate of drug-likeness (QED) is 0.786. The number of amides is 2. The summed E-state index contributed by atoms with van der Waals surface area (Å²) in [5.74, 6) is 0.765. The van der Waals surface area contributed by atoms with Gasteiger partial charge in [0, 0.05) is 25.0 Å². The number of carbonyl (C=O) groups excluding carboxylic acids is 2. The van der Waals surface area contributed by atoms with Crippen molar-refractivity contribution in [2.75, 3.05) is 6.54 Å². The lowest BCUT2D eigenvalue weighted by Crippen LogP contribution is -2.48. The van der Waals surface area contributed by atoms with E-state index in [0.717, 1.165) is 19.3 Å². The average Bonchev–Trinajstić information content (AvgIpc) is 3.02. The van der Waals surface area contributed by atoms with Gasteiger partial charge in [-0.2, -0.15) is 0 Å². The van der Waals surface area contributed by atoms with Crippen LogP contribution in [0.4, 0.5) is 4.79 Å². The van der Waals surface area contributed by atoms with E-state index in [2.05, 4.69) is 13.8 Å². The van der Waals surface area contributed by atoms with Gasteiger partial charge in [0.1, 0.15) is 11.4 Å². The number of likely N-dealkylation sites (tertiary alicyclic amines) is 1. The molecule has 1 saturated heterocycles. The van der Waals surface area contributed by atoms with Crippen molar-refractivity contribution < 1.29 is 18.7 Å². The van der Waals surface area contributed by atoms with Gasteiger partial charge in [-0.3, -0.25) is 4.79 Å². The average molecular weight is 364 g/mol. The molecule has 0 aromatic carbocycles. The summed E-state index contributed by atoms with van der Waals surface area (Å²) >= 11 is 0. The number of hydrogen-bond donors (Lipinski definition) is 0. The molecule has 0 N–H and O–H groups in total. The van der Waals surface area contributed by atoms with Gasteiger partial charge in [0.05, 0.1) is 12.8 Å². The molecule has 0 spiro atoms. The van der Waals surface area contributed by atoms with Gasteiger partial charge in [-0.25, -0.2) is 4.79 Å². The Bertz CT molecular complexity index is 581. The van der Waals surface area contributed by atoms with Crippen LogP contribution < -0.4 is 0 Å². The van der Waals surface area contributed by atoms with Crippen molar-refractivity contribution in [1.82, 2.24) is 9.80 Å². The first kappa shape index (κ1) is 20.3. The maximum absolute atomic E-state index is 12.8. The summed E-state index contributed by atoms with van der Waals surface area (Å²) in [6.45, 7) is 10.3. The minimum Gasteiger partial charge on any atom is -0.467 e. The van der Waals surface area contributed by atoms with Gasteiger partial charge in [-0.1, -0.05) is 0 Å². The van der Waals surface area contributed by atoms with Crippen molar-refractivity contribution in [3.63, 3.8) is 0 Å². The molecule has 2 heterocycles. The second kappa shape index (κ2) is 8.60. The van der Waals surface area contributed by atoms with Crippen LogP contribution in [0.2, 0.25) is 0 Å². The summed E-state index contributed by atoms with van der Waals surface area (Å²) in [6, 6.07) is 4.11. The van der Waals surface area contributed by atoms with Crippen LogP contribution >= 0.6 is 0 Å². The summed E-state index contributed by atoms with van der Waals surface area (Å²) < 4.78 is 10.8. The molecule has 0 radical (unpaired) electrons. The van der Waals surface area contributed by atoms with E-state index in [1.54, 1.807) is 17.2 Å². The lowest BCUT2D eigenvalue weighted by Gasteiger charge is -2.39. The predicted molar refractivity (Wildman–Crippen MR) is 99.6 cm³/mol. The highest BCUT2D eigenvalue weighted by Gasteiger charge is 2.30. The molecule has 146 valence electrons. The van der Waals surface area contributed by atoms with E-state index in [9.17, 15) is 9.59 Å². The number of furan rings is 1. The second-order valence-electron chi connectivity index (χ2n) is 8.16. The largest absolute Gasteiger partial charge is 0.467 e. The van der Waals surface area contributed by atoms with Crippen LogP contribution in [-0.4, -0.2) is 46.0 Å². The number of hydrogen-bond acceptors (Lipinski definition) is 4. The van der Waals surface area contributed by atoms with Crippen molar-refractivity contribution in [3.8, 4) is 0 Å². The number of nitrogens with zero attached hydrogens (tertiary/aromatic N) is 2. The fourth-order valence-corrected chi connectivity index (χ4v) is 3.42. The third-order valence-electron chi connectivity index (χ3n) is 4.66. The van der Waals surface area contributed by atoms with Gasteiger partial charge in [-0.15, -0.1) is 0 Å². The zero-order valence-corrected chi connectivity index (χ0v) is 16.7. The van der Waals surface area contributed by atoms with E-state index >= 15 is 0 Å². The lowest BCUT2D eigenvalue weighted by atomic mass is 9.97. The Hall–Kier alpha value is -1.98. The van der Waals surface area contributed by atoms with Gasteiger partial charge in [0.2, 0.25) is 5.91 Å². The minimum atomic E-state index is -0.585. The number of carbonyl (C=O) groups is 2. The summed E-state index contributed by atoms with van der Waals surface area (Å²) in [5.41, 5.74) is -0.585. The van der Waals surface area contributed by atoms with E-state index in [-0.39, 0.29) is 24.4 Å². The third-order valence-corrected chi connectivity index (χ3v) is 4.66. The van der Waals surface area contributed by atoms with Crippen LogP contribution in [-0.2, 0) is 16.1 Å². The zero-order chi connectivity index (χ0) is 19.3. The molecule has 0 saturated carbocycles. The maximum Gasteiger partial charge on any atom is 0.410 e. The van der Waals surface area contributed by atoms with E-state index in [4.69, 9.17) is 9.15 Å². The molecule has 0 aliphatic carbocycles. The van der Waals surface area contributed by atoms with Crippen molar-refractivity contribution in [3.05, 3.63) is 24.2 Å². The smallest absolute Gasteiger partial charge is 0.410 e. The van der Waals surface area contributed by atoms with Crippen LogP contribution in [0.25, 0.3) is 0 Å². The van der Waals surface area contributed by atoms with Gasteiger partial charge in [0.15, 0.2) is 0 Å². The van der Waals surface area contributed by atoms with Gasteiger partial charge in [0.25, 0.3) is 0 Å². The van der Waals surface area contributed by atoms with E-state index < -0.39 is 11.7 Å². The molecule has 26 heavy (non-hydrogen) atoms. The third kappa shape index (κ3) is 5.78. The highest BCUT2D eigenvalue weighted by atomic mass is 16.6. The highest BCUT2D eigenvalue weighted by Crippen LogP contribution is 2.23. The fraction of sp³-hybridized carbons (Fsp3) is 0.700. The Kier molecular flexibility index (Phi) is 6.73. The van der Waals surface area contributed by atoms with Crippen molar-refractivity contribution in [2.45, 2.75) is 84.5 Å². The van der Waals surface area contributed by atoms with Crippen LogP contribution in [0.5, 0.6) is 0 Å². The highest BCUT2D eigenvalue weighted by molar-refractivity contribution is 5.78. The molecule has 6 heteroatoms. The summed E-state index contributed by atoms with van der Waals surface area (Å²) in [4.78, 5) is 28.8. The van der Waals surface area contributed by atoms with Gasteiger partial charge >= 0.3 is 6.09 Å². The molecule has 2 amide bonds. The summed E-state index contributed by atoms with van der Waals surface area (Å²) in [5, 5.41) is 0. The first-order chi connectivity index (χ1) is 12.2. The zero-order valence-electron chi connectivity index (χ0n) is 16.7.